The van der Waals surface area contributed by atoms with Crippen LogP contribution in [0.25, 0.3) is 0 Å². The fourth-order valence-corrected chi connectivity index (χ4v) is 5.87. The Morgan fingerprint density at radius 2 is 1.83 bits per heavy atom. The third kappa shape index (κ3) is 6.14. The summed E-state index contributed by atoms with van der Waals surface area (Å²) in [5.74, 6) is -0.172. The number of aryl methyl sites for hydroxylation is 1. The van der Waals surface area contributed by atoms with Crippen molar-refractivity contribution in [2.24, 2.45) is 0 Å². The largest absolute Gasteiger partial charge is 0.330 e. The number of rotatable bonds is 11. The molecule has 0 saturated heterocycles. The summed E-state index contributed by atoms with van der Waals surface area (Å²) in [4.78, 5) is 31.9. The SMILES string of the molecule is C=CCN(CC(=O)N1CCc2sccc2[C@@H]1c1ccccc1)C(=O)c1ccc(CCCCCC)cc1. The first kappa shape index (κ1) is 25.9. The second kappa shape index (κ2) is 12.7. The van der Waals surface area contributed by atoms with E-state index in [1.807, 2.05) is 47.4 Å². The molecule has 0 radical (unpaired) electrons. The standard InChI is InChI=1S/C31H36N2O2S/c1-3-5-6-8-11-24-14-16-26(17-15-24)31(35)32(20-4-2)23-29(34)33-21-18-28-27(19-22-36-28)30(33)25-12-9-7-10-13-25/h4,7,9-10,12-17,19,22,30H,2-3,5-6,8,11,18,20-21,23H2,1H3/t30-/m0/s1. The number of carbonyl (C=O) groups excluding carboxylic acids is 2. The molecule has 1 atom stereocenters. The Morgan fingerprint density at radius 1 is 1.06 bits per heavy atom. The van der Waals surface area contributed by atoms with Gasteiger partial charge in [-0.25, -0.2) is 0 Å². The molecule has 0 unspecified atom stereocenters. The van der Waals surface area contributed by atoms with E-state index in [2.05, 4.69) is 37.1 Å². The van der Waals surface area contributed by atoms with Crippen molar-refractivity contribution in [3.63, 3.8) is 0 Å². The fourth-order valence-electron chi connectivity index (χ4n) is 4.96. The molecule has 5 heteroatoms. The topological polar surface area (TPSA) is 40.6 Å². The molecule has 4 rings (SSSR count). The maximum Gasteiger partial charge on any atom is 0.254 e. The number of hydrogen-bond acceptors (Lipinski definition) is 3. The lowest BCUT2D eigenvalue weighted by molar-refractivity contribution is -0.133. The zero-order valence-electron chi connectivity index (χ0n) is 21.2. The van der Waals surface area contributed by atoms with E-state index in [0.29, 0.717) is 18.7 Å². The predicted molar refractivity (Wildman–Crippen MR) is 148 cm³/mol. The molecule has 1 aromatic heterocycles. The minimum absolute atomic E-state index is 0.0342. The van der Waals surface area contributed by atoms with Crippen molar-refractivity contribution in [3.05, 3.63) is 106 Å². The van der Waals surface area contributed by atoms with Crippen LogP contribution in [0.2, 0.25) is 0 Å². The first-order chi connectivity index (χ1) is 17.6. The van der Waals surface area contributed by atoms with Crippen LogP contribution in [0.3, 0.4) is 0 Å². The molecule has 3 aromatic rings. The number of unbranched alkanes of at least 4 members (excludes halogenated alkanes) is 3. The number of amides is 2. The van der Waals surface area contributed by atoms with Gasteiger partial charge in [-0.05, 0) is 59.5 Å². The van der Waals surface area contributed by atoms with Gasteiger partial charge in [0.25, 0.3) is 5.91 Å². The molecule has 36 heavy (non-hydrogen) atoms. The molecule has 0 fully saturated rings. The average Bonchev–Trinajstić information content (AvgIpc) is 3.40. The van der Waals surface area contributed by atoms with Gasteiger partial charge in [-0.3, -0.25) is 9.59 Å². The summed E-state index contributed by atoms with van der Waals surface area (Å²) >= 11 is 1.75. The van der Waals surface area contributed by atoms with Gasteiger partial charge in [0, 0.05) is 23.5 Å². The van der Waals surface area contributed by atoms with Crippen molar-refractivity contribution in [1.29, 1.82) is 0 Å². The number of carbonyl (C=O) groups is 2. The molecule has 188 valence electrons. The van der Waals surface area contributed by atoms with Crippen molar-refractivity contribution < 1.29 is 9.59 Å². The highest BCUT2D eigenvalue weighted by Crippen LogP contribution is 2.37. The first-order valence-electron chi connectivity index (χ1n) is 13.0. The zero-order valence-corrected chi connectivity index (χ0v) is 22.0. The lowest BCUT2D eigenvalue weighted by atomic mass is 9.93. The van der Waals surface area contributed by atoms with Gasteiger partial charge in [0.15, 0.2) is 0 Å². The van der Waals surface area contributed by atoms with E-state index in [-0.39, 0.29) is 24.4 Å². The normalized spacial score (nSPS) is 14.8. The third-order valence-electron chi connectivity index (χ3n) is 6.88. The monoisotopic (exact) mass is 500 g/mol. The summed E-state index contributed by atoms with van der Waals surface area (Å²) in [6.45, 7) is 7.05. The Bertz CT molecular complexity index is 1150. The van der Waals surface area contributed by atoms with Crippen LogP contribution in [0.15, 0.2) is 78.7 Å². The number of thiophene rings is 1. The van der Waals surface area contributed by atoms with E-state index in [1.165, 1.54) is 41.7 Å². The maximum atomic E-state index is 13.7. The number of nitrogens with zero attached hydrogens (tertiary/aromatic N) is 2. The molecular formula is C31H36N2O2S. The average molecular weight is 501 g/mol. The Labute approximate surface area is 219 Å². The van der Waals surface area contributed by atoms with Gasteiger partial charge in [0.05, 0.1) is 6.04 Å². The van der Waals surface area contributed by atoms with Crippen LogP contribution in [-0.4, -0.2) is 41.2 Å². The third-order valence-corrected chi connectivity index (χ3v) is 7.88. The molecule has 1 aliphatic rings. The maximum absolute atomic E-state index is 13.7. The van der Waals surface area contributed by atoms with E-state index >= 15 is 0 Å². The molecule has 0 saturated carbocycles. The van der Waals surface area contributed by atoms with Gasteiger partial charge in [-0.15, -0.1) is 17.9 Å². The van der Waals surface area contributed by atoms with Crippen molar-refractivity contribution in [2.45, 2.75) is 51.5 Å². The Morgan fingerprint density at radius 3 is 2.56 bits per heavy atom. The highest BCUT2D eigenvalue weighted by molar-refractivity contribution is 7.10. The molecule has 1 aliphatic heterocycles. The van der Waals surface area contributed by atoms with Gasteiger partial charge in [0.1, 0.15) is 6.54 Å². The van der Waals surface area contributed by atoms with Crippen molar-refractivity contribution in [2.75, 3.05) is 19.6 Å². The summed E-state index contributed by atoms with van der Waals surface area (Å²) in [6.07, 6.45) is 8.46. The van der Waals surface area contributed by atoms with E-state index in [4.69, 9.17) is 0 Å². The molecule has 2 heterocycles. The van der Waals surface area contributed by atoms with Crippen LogP contribution < -0.4 is 0 Å². The van der Waals surface area contributed by atoms with E-state index in [1.54, 1.807) is 22.3 Å². The second-order valence-electron chi connectivity index (χ2n) is 9.43. The first-order valence-corrected chi connectivity index (χ1v) is 13.9. The summed E-state index contributed by atoms with van der Waals surface area (Å²) in [5.41, 5.74) is 4.16. The summed E-state index contributed by atoms with van der Waals surface area (Å²) in [5, 5.41) is 2.11. The van der Waals surface area contributed by atoms with Gasteiger partial charge in [-0.2, -0.15) is 0 Å². The minimum Gasteiger partial charge on any atom is -0.330 e. The molecule has 4 nitrogen and oxygen atoms in total. The number of hydrogen-bond donors (Lipinski definition) is 0. The van der Waals surface area contributed by atoms with Crippen LogP contribution in [0.1, 0.15) is 70.6 Å². The van der Waals surface area contributed by atoms with Gasteiger partial charge in [-0.1, -0.05) is 74.7 Å². The number of fused-ring (bicyclic) bond motifs is 1. The fraction of sp³-hybridized carbons (Fsp3) is 0.355. The van der Waals surface area contributed by atoms with Gasteiger partial charge < -0.3 is 9.80 Å². The lowest BCUT2D eigenvalue weighted by Gasteiger charge is -2.37. The Kier molecular flexibility index (Phi) is 9.12. The molecule has 2 aromatic carbocycles. The van der Waals surface area contributed by atoms with Crippen molar-refractivity contribution >= 4 is 23.2 Å². The lowest BCUT2D eigenvalue weighted by Crippen LogP contribution is -2.46. The Balaban J connectivity index is 1.48. The highest BCUT2D eigenvalue weighted by atomic mass is 32.1. The van der Waals surface area contributed by atoms with Gasteiger partial charge in [0.2, 0.25) is 5.91 Å². The molecular weight excluding hydrogens is 464 g/mol. The van der Waals surface area contributed by atoms with Crippen molar-refractivity contribution in [3.8, 4) is 0 Å². The molecule has 0 aliphatic carbocycles. The van der Waals surface area contributed by atoms with Crippen LogP contribution in [-0.2, 0) is 17.6 Å². The van der Waals surface area contributed by atoms with E-state index < -0.39 is 0 Å². The molecule has 0 spiro atoms. The zero-order chi connectivity index (χ0) is 25.3. The summed E-state index contributed by atoms with van der Waals surface area (Å²) in [6, 6.07) is 20.1. The van der Waals surface area contributed by atoms with Crippen LogP contribution in [0.4, 0.5) is 0 Å². The molecule has 0 bridgehead atoms. The second-order valence-corrected chi connectivity index (χ2v) is 10.4. The van der Waals surface area contributed by atoms with Crippen LogP contribution >= 0.6 is 11.3 Å². The molecule has 0 N–H and O–H groups in total. The quantitative estimate of drug-likeness (QED) is 0.218. The van der Waals surface area contributed by atoms with Crippen molar-refractivity contribution in [1.82, 2.24) is 9.80 Å². The smallest absolute Gasteiger partial charge is 0.254 e. The van der Waals surface area contributed by atoms with E-state index in [0.717, 1.165) is 18.4 Å². The summed E-state index contributed by atoms with van der Waals surface area (Å²) in [7, 11) is 0. The van der Waals surface area contributed by atoms with Crippen LogP contribution in [0.5, 0.6) is 0 Å². The number of benzene rings is 2. The van der Waals surface area contributed by atoms with E-state index in [9.17, 15) is 9.59 Å². The predicted octanol–water partition coefficient (Wildman–Crippen LogP) is 6.67. The molecule has 2 amide bonds. The highest BCUT2D eigenvalue weighted by Gasteiger charge is 2.33. The minimum atomic E-state index is -0.134. The summed E-state index contributed by atoms with van der Waals surface area (Å²) < 4.78 is 0. The van der Waals surface area contributed by atoms with Crippen LogP contribution in [0, 0.1) is 0 Å². The Hall–Kier alpha value is -3.18. The van der Waals surface area contributed by atoms with Gasteiger partial charge >= 0.3 is 0 Å².